The van der Waals surface area contributed by atoms with Gasteiger partial charge in [-0.15, -0.1) is 10.2 Å². The Balaban J connectivity index is 1.54. The molecule has 1 aliphatic rings. The number of pyridine rings is 1. The molecule has 2 heterocycles. The molecule has 12 nitrogen and oxygen atoms in total. The van der Waals surface area contributed by atoms with Gasteiger partial charge in [0.05, 0.1) is 39.6 Å². The number of methoxy groups -OCH3 is 3. The summed E-state index contributed by atoms with van der Waals surface area (Å²) in [7, 11) is 4.66. The number of thioether (sulfide) groups is 1. The van der Waals surface area contributed by atoms with Gasteiger partial charge in [0.1, 0.15) is 6.04 Å². The highest BCUT2D eigenvalue weighted by atomic mass is 32.2. The number of benzene rings is 1. The van der Waals surface area contributed by atoms with Crippen molar-refractivity contribution in [3.8, 4) is 28.4 Å². The first-order chi connectivity index (χ1) is 22.3. The molecule has 0 radical (unpaired) electrons. The number of hydrogen-bond acceptors (Lipinski definition) is 10. The van der Waals surface area contributed by atoms with E-state index in [4.69, 9.17) is 14.2 Å². The topological polar surface area (TPSA) is 145 Å². The van der Waals surface area contributed by atoms with Crippen LogP contribution < -0.4 is 35.6 Å². The predicted octanol–water partition coefficient (Wildman–Crippen LogP) is 3.76. The Morgan fingerprint density at radius 2 is 1.87 bits per heavy atom. The van der Waals surface area contributed by atoms with E-state index >= 15 is 0 Å². The molecule has 2 atom stereocenters. The molecule has 0 spiro atoms. The van der Waals surface area contributed by atoms with E-state index in [1.54, 1.807) is 39.2 Å². The summed E-state index contributed by atoms with van der Waals surface area (Å²) in [4.78, 5) is 39.6. The Kier molecular flexibility index (Phi) is 10.3. The van der Waals surface area contributed by atoms with Crippen LogP contribution in [0.15, 0.2) is 53.5 Å². The first-order valence-electron chi connectivity index (χ1n) is 14.9. The quantitative estimate of drug-likeness (QED) is 0.208. The van der Waals surface area contributed by atoms with Gasteiger partial charge in [-0.1, -0.05) is 12.1 Å². The lowest BCUT2D eigenvalue weighted by Gasteiger charge is -2.19. The molecule has 0 saturated carbocycles. The highest BCUT2D eigenvalue weighted by Crippen LogP contribution is 2.50. The van der Waals surface area contributed by atoms with E-state index in [1.165, 1.54) is 13.0 Å². The number of ether oxygens (including phenoxy) is 3. The highest BCUT2D eigenvalue weighted by molar-refractivity contribution is 7.98. The number of rotatable bonds is 12. The van der Waals surface area contributed by atoms with Crippen LogP contribution in [0.5, 0.6) is 17.2 Å². The number of anilines is 1. The maximum atomic E-state index is 13.8. The molecule has 2 aromatic carbocycles. The molecule has 0 unspecified atom stereocenters. The van der Waals surface area contributed by atoms with Crippen LogP contribution in [0.4, 0.5) is 5.69 Å². The number of nitrogens with zero attached hydrogens (tertiary/aromatic N) is 3. The van der Waals surface area contributed by atoms with Crippen LogP contribution in [0.2, 0.25) is 0 Å². The monoisotopic (exact) mass is 646 g/mol. The lowest BCUT2D eigenvalue weighted by Crippen LogP contribution is -2.40. The maximum Gasteiger partial charge on any atom is 0.242 e. The summed E-state index contributed by atoms with van der Waals surface area (Å²) in [6.07, 6.45) is 5.41. The van der Waals surface area contributed by atoms with Gasteiger partial charge in [0.15, 0.2) is 23.0 Å². The fourth-order valence-electron chi connectivity index (χ4n) is 5.82. The van der Waals surface area contributed by atoms with Crippen LogP contribution in [0.25, 0.3) is 16.8 Å². The molecular weight excluding hydrogens is 608 g/mol. The SMILES string of the molecule is COc1cc2c(c(OC)c1OC)-c1ccc(N[C@@H](CCSC)C(=O)NCc3nnc4ccccn34)c(=O)cc1[C@@H](NC(C)=O)CC2. The number of amides is 2. The lowest BCUT2D eigenvalue weighted by atomic mass is 9.95. The van der Waals surface area contributed by atoms with Gasteiger partial charge in [-0.25, -0.2) is 0 Å². The number of nitrogens with one attached hydrogen (secondary N) is 3. The largest absolute Gasteiger partial charge is 0.493 e. The summed E-state index contributed by atoms with van der Waals surface area (Å²) in [6, 6.07) is 11.4. The Morgan fingerprint density at radius 1 is 1.07 bits per heavy atom. The van der Waals surface area contributed by atoms with E-state index in [9.17, 15) is 14.4 Å². The van der Waals surface area contributed by atoms with Gasteiger partial charge in [-0.05, 0) is 78.3 Å². The van der Waals surface area contributed by atoms with Gasteiger partial charge in [0, 0.05) is 18.7 Å². The van der Waals surface area contributed by atoms with E-state index in [1.807, 2.05) is 47.2 Å². The Morgan fingerprint density at radius 3 is 2.59 bits per heavy atom. The van der Waals surface area contributed by atoms with Crippen molar-refractivity contribution in [2.24, 2.45) is 0 Å². The minimum atomic E-state index is -0.695. The van der Waals surface area contributed by atoms with E-state index in [0.717, 1.165) is 11.1 Å². The molecule has 5 rings (SSSR count). The van der Waals surface area contributed by atoms with Gasteiger partial charge < -0.3 is 30.2 Å². The van der Waals surface area contributed by atoms with Crippen LogP contribution >= 0.6 is 11.8 Å². The summed E-state index contributed by atoms with van der Waals surface area (Å²) < 4.78 is 19.0. The summed E-state index contributed by atoms with van der Waals surface area (Å²) in [5, 5.41) is 17.5. The highest BCUT2D eigenvalue weighted by Gasteiger charge is 2.30. The van der Waals surface area contributed by atoms with Crippen molar-refractivity contribution >= 4 is 34.9 Å². The molecule has 46 heavy (non-hydrogen) atoms. The molecule has 0 fully saturated rings. The third-order valence-corrected chi connectivity index (χ3v) is 8.62. The molecule has 2 amide bonds. The van der Waals surface area contributed by atoms with Crippen LogP contribution in [-0.4, -0.2) is 65.8 Å². The first-order valence-corrected chi connectivity index (χ1v) is 16.3. The third kappa shape index (κ3) is 6.74. The summed E-state index contributed by atoms with van der Waals surface area (Å²) in [5.74, 6) is 2.22. The summed E-state index contributed by atoms with van der Waals surface area (Å²) in [6.45, 7) is 1.62. The van der Waals surface area contributed by atoms with Crippen molar-refractivity contribution in [1.82, 2.24) is 25.2 Å². The standard InChI is InChI=1S/C33H38N6O6S/c1-19(40)35-23-11-9-20-16-27(43-2)31(44-3)32(45-4)30(20)21-10-12-24(26(41)17-22(21)23)36-25(13-15-46-5)33(42)34-18-29-38-37-28-8-6-7-14-39(28)29/h6-8,10,12,14,16-17,23,25H,9,11,13,15,18H2,1-5H3,(H,34,42)(H,35,40)(H,36,41)/t23-,25-/m0/s1. The van der Waals surface area contributed by atoms with E-state index < -0.39 is 12.1 Å². The van der Waals surface area contributed by atoms with Crippen molar-refractivity contribution in [3.63, 3.8) is 0 Å². The van der Waals surface area contributed by atoms with Crippen molar-refractivity contribution in [2.75, 3.05) is 38.7 Å². The van der Waals surface area contributed by atoms with Crippen molar-refractivity contribution in [3.05, 3.63) is 75.8 Å². The van der Waals surface area contributed by atoms with Gasteiger partial charge in [-0.2, -0.15) is 11.8 Å². The van der Waals surface area contributed by atoms with E-state index in [0.29, 0.717) is 64.9 Å². The van der Waals surface area contributed by atoms with Crippen molar-refractivity contribution in [2.45, 2.75) is 44.8 Å². The molecule has 0 saturated heterocycles. The maximum absolute atomic E-state index is 13.8. The zero-order valence-electron chi connectivity index (χ0n) is 26.5. The molecule has 0 bridgehead atoms. The Hall–Kier alpha value is -4.78. The normalized spacial score (nSPS) is 14.3. The number of fused-ring (bicyclic) bond motifs is 4. The molecular formula is C33H38N6O6S. The van der Waals surface area contributed by atoms with Gasteiger partial charge >= 0.3 is 0 Å². The molecule has 13 heteroatoms. The average Bonchev–Trinajstić information content (AvgIpc) is 3.33. The predicted molar refractivity (Wildman–Crippen MR) is 178 cm³/mol. The molecule has 4 aromatic rings. The zero-order valence-corrected chi connectivity index (χ0v) is 27.3. The Bertz CT molecular complexity index is 1810. The third-order valence-electron chi connectivity index (χ3n) is 7.98. The number of carbonyl (C=O) groups is 2. The fraction of sp³-hybridized carbons (Fsp3) is 0.364. The van der Waals surface area contributed by atoms with Gasteiger partial charge in [0.2, 0.25) is 23.0 Å². The van der Waals surface area contributed by atoms with Crippen LogP contribution in [0, 0.1) is 0 Å². The number of aryl methyl sites for hydroxylation is 1. The number of aromatic nitrogens is 3. The fourth-order valence-corrected chi connectivity index (χ4v) is 6.29. The molecule has 2 aromatic heterocycles. The second-order valence-electron chi connectivity index (χ2n) is 10.8. The van der Waals surface area contributed by atoms with Gasteiger partial charge in [-0.3, -0.25) is 18.8 Å². The number of hydrogen-bond donors (Lipinski definition) is 3. The van der Waals surface area contributed by atoms with Crippen molar-refractivity contribution in [1.29, 1.82) is 0 Å². The molecule has 3 N–H and O–H groups in total. The first kappa shape index (κ1) is 32.6. The van der Waals surface area contributed by atoms with Crippen LogP contribution in [0.1, 0.15) is 42.8 Å². The summed E-state index contributed by atoms with van der Waals surface area (Å²) >= 11 is 1.61. The van der Waals surface area contributed by atoms with E-state index in [2.05, 4.69) is 26.1 Å². The van der Waals surface area contributed by atoms with Crippen LogP contribution in [-0.2, 0) is 22.6 Å². The summed E-state index contributed by atoms with van der Waals surface area (Å²) in [5.41, 5.74) is 3.65. The minimum absolute atomic E-state index is 0.169. The van der Waals surface area contributed by atoms with Crippen molar-refractivity contribution < 1.29 is 23.8 Å². The lowest BCUT2D eigenvalue weighted by molar-refractivity contribution is -0.122. The molecule has 0 aliphatic heterocycles. The Labute approximate surface area is 271 Å². The van der Waals surface area contributed by atoms with Gasteiger partial charge in [0.25, 0.3) is 0 Å². The average molecular weight is 647 g/mol. The van der Waals surface area contributed by atoms with E-state index in [-0.39, 0.29) is 29.5 Å². The number of carbonyl (C=O) groups excluding carboxylic acids is 2. The second-order valence-corrected chi connectivity index (χ2v) is 11.8. The molecule has 242 valence electrons. The smallest absolute Gasteiger partial charge is 0.242 e. The zero-order chi connectivity index (χ0) is 32.8. The van der Waals surface area contributed by atoms with Crippen LogP contribution in [0.3, 0.4) is 0 Å². The second kappa shape index (κ2) is 14.5. The minimum Gasteiger partial charge on any atom is -0.493 e. The molecule has 1 aliphatic carbocycles.